The summed E-state index contributed by atoms with van der Waals surface area (Å²) in [5, 5.41) is 2.60. The normalized spacial score (nSPS) is 16.6. The van der Waals surface area contributed by atoms with Gasteiger partial charge in [0.15, 0.2) is 0 Å². The Morgan fingerprint density at radius 1 is 1.23 bits per heavy atom. The Morgan fingerprint density at radius 3 is 2.41 bits per heavy atom. The lowest BCUT2D eigenvalue weighted by Gasteiger charge is -2.18. The highest BCUT2D eigenvalue weighted by molar-refractivity contribution is 6.45. The van der Waals surface area contributed by atoms with E-state index in [4.69, 9.17) is 4.42 Å². The Bertz CT molecular complexity index is 608. The van der Waals surface area contributed by atoms with Gasteiger partial charge in [0, 0.05) is 6.04 Å². The van der Waals surface area contributed by atoms with Gasteiger partial charge in [-0.3, -0.25) is 19.3 Å². The van der Waals surface area contributed by atoms with Crippen molar-refractivity contribution < 1.29 is 23.6 Å². The molecule has 1 aromatic heterocycles. The maximum Gasteiger partial charge on any atom is 0.334 e. The van der Waals surface area contributed by atoms with Crippen molar-refractivity contribution in [3.8, 4) is 0 Å². The monoisotopic (exact) mass is 307 g/mol. The third-order valence-corrected chi connectivity index (χ3v) is 3.25. The molecule has 0 spiro atoms. The molecule has 1 saturated heterocycles. The van der Waals surface area contributed by atoms with Crippen molar-refractivity contribution in [3.63, 3.8) is 0 Å². The zero-order valence-corrected chi connectivity index (χ0v) is 12.5. The number of hydrogen-bond donors (Lipinski definition) is 1. The molecule has 1 fully saturated rings. The van der Waals surface area contributed by atoms with E-state index in [9.17, 15) is 19.2 Å². The van der Waals surface area contributed by atoms with Gasteiger partial charge in [-0.1, -0.05) is 0 Å². The lowest BCUT2D eigenvalue weighted by Crippen LogP contribution is -2.43. The van der Waals surface area contributed by atoms with Crippen LogP contribution in [-0.2, 0) is 14.4 Å². The summed E-state index contributed by atoms with van der Waals surface area (Å²) in [5.74, 6) is -1.90. The molecule has 0 saturated carbocycles. The Kier molecular flexibility index (Phi) is 4.30. The number of amides is 5. The molecule has 118 valence electrons. The number of imide groups is 2. The third kappa shape index (κ3) is 2.85. The van der Waals surface area contributed by atoms with Gasteiger partial charge in [-0.2, -0.15) is 0 Å². The van der Waals surface area contributed by atoms with Crippen LogP contribution in [0.25, 0.3) is 0 Å². The van der Waals surface area contributed by atoms with Crippen molar-refractivity contribution in [1.29, 1.82) is 0 Å². The molecule has 0 aromatic carbocycles. The zero-order valence-electron chi connectivity index (χ0n) is 12.5. The Morgan fingerprint density at radius 2 is 1.91 bits per heavy atom. The molecule has 5 amide bonds. The standard InChI is InChI=1S/C14H17N3O5/c1-8(2)17-13(20)12(19)16(14(17)21)7-11(18)15-9(3)10-5-4-6-22-10/h4-6,8-9H,7H2,1-3H3,(H,15,18)/t9-/m0/s1. The van der Waals surface area contributed by atoms with E-state index >= 15 is 0 Å². The smallest absolute Gasteiger partial charge is 0.334 e. The van der Waals surface area contributed by atoms with Gasteiger partial charge in [-0.05, 0) is 32.9 Å². The Balaban J connectivity index is 2.01. The van der Waals surface area contributed by atoms with Crippen LogP contribution in [0.3, 0.4) is 0 Å². The van der Waals surface area contributed by atoms with Gasteiger partial charge in [0.2, 0.25) is 5.91 Å². The fourth-order valence-corrected chi connectivity index (χ4v) is 2.16. The van der Waals surface area contributed by atoms with Gasteiger partial charge in [-0.15, -0.1) is 0 Å². The van der Waals surface area contributed by atoms with Crippen LogP contribution >= 0.6 is 0 Å². The average Bonchev–Trinajstić information content (AvgIpc) is 3.03. The fraction of sp³-hybridized carbons (Fsp3) is 0.429. The quantitative estimate of drug-likeness (QED) is 0.636. The SMILES string of the molecule is CC(C)N1C(=O)C(=O)N(CC(=O)N[C@@H](C)c2ccco2)C1=O. The molecule has 8 heteroatoms. The third-order valence-electron chi connectivity index (χ3n) is 3.25. The van der Waals surface area contributed by atoms with Crippen molar-refractivity contribution in [2.45, 2.75) is 32.9 Å². The summed E-state index contributed by atoms with van der Waals surface area (Å²) < 4.78 is 5.15. The summed E-state index contributed by atoms with van der Waals surface area (Å²) in [5.41, 5.74) is 0. The van der Waals surface area contributed by atoms with Gasteiger partial charge in [0.05, 0.1) is 12.3 Å². The average molecular weight is 307 g/mol. The predicted octanol–water partition coefficient (Wildman–Crippen LogP) is 0.656. The van der Waals surface area contributed by atoms with Gasteiger partial charge in [0.1, 0.15) is 12.3 Å². The first-order valence-corrected chi connectivity index (χ1v) is 6.84. The van der Waals surface area contributed by atoms with E-state index in [2.05, 4.69) is 5.32 Å². The minimum Gasteiger partial charge on any atom is -0.467 e. The summed E-state index contributed by atoms with van der Waals surface area (Å²) in [6.45, 7) is 4.44. The van der Waals surface area contributed by atoms with Gasteiger partial charge in [0.25, 0.3) is 0 Å². The van der Waals surface area contributed by atoms with E-state index in [0.29, 0.717) is 10.7 Å². The summed E-state index contributed by atoms with van der Waals surface area (Å²) in [6.07, 6.45) is 1.48. The molecule has 1 atom stereocenters. The van der Waals surface area contributed by atoms with Crippen molar-refractivity contribution >= 4 is 23.8 Å². The molecule has 2 heterocycles. The molecule has 8 nitrogen and oxygen atoms in total. The summed E-state index contributed by atoms with van der Waals surface area (Å²) in [7, 11) is 0. The van der Waals surface area contributed by atoms with E-state index in [1.165, 1.54) is 6.26 Å². The highest BCUT2D eigenvalue weighted by atomic mass is 16.3. The number of furan rings is 1. The first-order chi connectivity index (χ1) is 10.3. The lowest BCUT2D eigenvalue weighted by atomic mass is 10.2. The predicted molar refractivity (Wildman–Crippen MR) is 74.4 cm³/mol. The maximum atomic E-state index is 12.0. The molecule has 1 aromatic rings. The Labute approximate surface area is 127 Å². The van der Waals surface area contributed by atoms with Gasteiger partial charge >= 0.3 is 17.8 Å². The van der Waals surface area contributed by atoms with E-state index in [-0.39, 0.29) is 0 Å². The molecule has 1 aliphatic heterocycles. The van der Waals surface area contributed by atoms with E-state index < -0.39 is 42.4 Å². The van der Waals surface area contributed by atoms with Crippen LogP contribution in [0.2, 0.25) is 0 Å². The largest absolute Gasteiger partial charge is 0.467 e. The second-order valence-electron chi connectivity index (χ2n) is 5.25. The number of nitrogens with zero attached hydrogens (tertiary/aromatic N) is 2. The maximum absolute atomic E-state index is 12.0. The van der Waals surface area contributed by atoms with E-state index in [0.717, 1.165) is 4.90 Å². The molecular formula is C14H17N3O5. The van der Waals surface area contributed by atoms with Crippen LogP contribution in [0.1, 0.15) is 32.6 Å². The molecule has 2 rings (SSSR count). The molecule has 0 radical (unpaired) electrons. The first kappa shape index (κ1) is 15.7. The number of nitrogens with one attached hydrogen (secondary N) is 1. The zero-order chi connectivity index (χ0) is 16.4. The summed E-state index contributed by atoms with van der Waals surface area (Å²) in [6, 6.07) is 1.75. The molecular weight excluding hydrogens is 290 g/mol. The van der Waals surface area contributed by atoms with Crippen LogP contribution in [0, 0.1) is 0 Å². The van der Waals surface area contributed by atoms with Crippen molar-refractivity contribution in [3.05, 3.63) is 24.2 Å². The second kappa shape index (κ2) is 6.00. The van der Waals surface area contributed by atoms with E-state index in [1.807, 2.05) is 0 Å². The molecule has 0 aliphatic carbocycles. The van der Waals surface area contributed by atoms with Crippen LogP contribution in [0.15, 0.2) is 22.8 Å². The van der Waals surface area contributed by atoms with Gasteiger partial charge < -0.3 is 9.73 Å². The second-order valence-corrected chi connectivity index (χ2v) is 5.25. The van der Waals surface area contributed by atoms with Crippen molar-refractivity contribution in [2.75, 3.05) is 6.54 Å². The number of carbonyl (C=O) groups excluding carboxylic acids is 4. The van der Waals surface area contributed by atoms with Crippen LogP contribution in [0.5, 0.6) is 0 Å². The van der Waals surface area contributed by atoms with Crippen molar-refractivity contribution in [2.24, 2.45) is 0 Å². The summed E-state index contributed by atoms with van der Waals surface area (Å²) >= 11 is 0. The molecule has 0 unspecified atom stereocenters. The topological polar surface area (TPSA) is 99.9 Å². The number of hydrogen-bond acceptors (Lipinski definition) is 5. The molecule has 1 aliphatic rings. The number of urea groups is 1. The minimum absolute atomic E-state index is 0.410. The number of rotatable bonds is 5. The first-order valence-electron chi connectivity index (χ1n) is 6.84. The van der Waals surface area contributed by atoms with Gasteiger partial charge in [-0.25, -0.2) is 9.69 Å². The molecule has 0 bridgehead atoms. The molecule has 1 N–H and O–H groups in total. The summed E-state index contributed by atoms with van der Waals surface area (Å²) in [4.78, 5) is 49.0. The Hall–Kier alpha value is -2.64. The number of carbonyl (C=O) groups is 4. The minimum atomic E-state index is -0.987. The van der Waals surface area contributed by atoms with E-state index in [1.54, 1.807) is 32.9 Å². The highest BCUT2D eigenvalue weighted by Crippen LogP contribution is 2.16. The van der Waals surface area contributed by atoms with Crippen LogP contribution in [0.4, 0.5) is 4.79 Å². The fourth-order valence-electron chi connectivity index (χ4n) is 2.16. The van der Waals surface area contributed by atoms with Crippen LogP contribution < -0.4 is 5.32 Å². The van der Waals surface area contributed by atoms with Crippen LogP contribution in [-0.4, -0.2) is 46.1 Å². The lowest BCUT2D eigenvalue weighted by molar-refractivity contribution is -0.144. The van der Waals surface area contributed by atoms with Crippen molar-refractivity contribution in [1.82, 2.24) is 15.1 Å². The molecule has 22 heavy (non-hydrogen) atoms. The highest BCUT2D eigenvalue weighted by Gasteiger charge is 2.46.